The summed E-state index contributed by atoms with van der Waals surface area (Å²) < 4.78 is 16.7. The number of unbranched alkanes of at least 4 members (excludes halogenated alkanes) is 18. The van der Waals surface area contributed by atoms with Crippen LogP contribution in [0.25, 0.3) is 0 Å². The van der Waals surface area contributed by atoms with Gasteiger partial charge in [-0.3, -0.25) is 14.4 Å². The molecule has 1 atom stereocenters. The fraction of sp³-hybridized carbons (Fsp3) is 0.618. The second-order valence-electron chi connectivity index (χ2n) is 15.8. The molecule has 0 amide bonds. The lowest BCUT2D eigenvalue weighted by molar-refractivity contribution is -0.167. The van der Waals surface area contributed by atoms with Gasteiger partial charge in [-0.1, -0.05) is 201 Å². The molecule has 0 N–H and O–H groups in total. The number of esters is 3. The van der Waals surface area contributed by atoms with Crippen LogP contribution in [0.1, 0.15) is 201 Å². The lowest BCUT2D eigenvalue weighted by atomic mass is 10.1. The number of allylic oxidation sites excluding steroid dienone is 18. The lowest BCUT2D eigenvalue weighted by Crippen LogP contribution is -2.30. The first-order valence-corrected chi connectivity index (χ1v) is 24.5. The molecular formula is C55H88O6. The Morgan fingerprint density at radius 3 is 1.26 bits per heavy atom. The van der Waals surface area contributed by atoms with E-state index in [4.69, 9.17) is 14.2 Å². The summed E-state index contributed by atoms with van der Waals surface area (Å²) >= 11 is 0. The van der Waals surface area contributed by atoms with Crippen molar-refractivity contribution in [3.05, 3.63) is 109 Å². The van der Waals surface area contributed by atoms with Crippen LogP contribution in [-0.2, 0) is 28.6 Å². The van der Waals surface area contributed by atoms with Gasteiger partial charge in [0.2, 0.25) is 0 Å². The van der Waals surface area contributed by atoms with E-state index in [9.17, 15) is 14.4 Å². The third-order valence-electron chi connectivity index (χ3n) is 9.87. The minimum absolute atomic E-state index is 0.115. The molecule has 0 aliphatic heterocycles. The van der Waals surface area contributed by atoms with Crippen molar-refractivity contribution in [1.29, 1.82) is 0 Å². The summed E-state index contributed by atoms with van der Waals surface area (Å²) in [6.45, 7) is 6.32. The maximum absolute atomic E-state index is 12.7. The van der Waals surface area contributed by atoms with Crippen molar-refractivity contribution < 1.29 is 28.6 Å². The van der Waals surface area contributed by atoms with Gasteiger partial charge in [0.1, 0.15) is 13.2 Å². The molecule has 0 rings (SSSR count). The van der Waals surface area contributed by atoms with Gasteiger partial charge in [0.05, 0.1) is 0 Å². The molecule has 0 heterocycles. The third kappa shape index (κ3) is 47.0. The highest BCUT2D eigenvalue weighted by atomic mass is 16.6. The molecule has 344 valence electrons. The molecule has 0 aromatic rings. The van der Waals surface area contributed by atoms with Gasteiger partial charge in [-0.25, -0.2) is 0 Å². The summed E-state index contributed by atoms with van der Waals surface area (Å²) in [6, 6.07) is 0. The molecule has 0 saturated carbocycles. The van der Waals surface area contributed by atoms with Gasteiger partial charge < -0.3 is 14.2 Å². The first-order chi connectivity index (χ1) is 30.0. The first-order valence-electron chi connectivity index (χ1n) is 24.5. The van der Waals surface area contributed by atoms with Crippen LogP contribution in [-0.4, -0.2) is 37.2 Å². The SMILES string of the molecule is CC/C=C\C/C=C\CCCCC(=O)OCC(COC(=O)CCCCCCC\C=C/C=C\C=C/C=C\C=C/CCC)OC(=O)CCCCC/C=C\C=C/CCCCCCCCC. The molecule has 6 heteroatoms. The van der Waals surface area contributed by atoms with Crippen LogP contribution in [0.2, 0.25) is 0 Å². The van der Waals surface area contributed by atoms with Gasteiger partial charge in [0, 0.05) is 19.3 Å². The molecule has 0 aromatic carbocycles. The van der Waals surface area contributed by atoms with Crippen molar-refractivity contribution in [2.45, 2.75) is 207 Å². The van der Waals surface area contributed by atoms with E-state index < -0.39 is 6.10 Å². The van der Waals surface area contributed by atoms with E-state index >= 15 is 0 Å². The highest BCUT2D eigenvalue weighted by molar-refractivity contribution is 5.71. The Labute approximate surface area is 374 Å². The Balaban J connectivity index is 4.49. The van der Waals surface area contributed by atoms with E-state index in [2.05, 4.69) is 93.7 Å². The van der Waals surface area contributed by atoms with Crippen LogP contribution in [0, 0.1) is 0 Å². The molecule has 0 radical (unpaired) electrons. The molecule has 0 fully saturated rings. The van der Waals surface area contributed by atoms with Gasteiger partial charge in [0.25, 0.3) is 0 Å². The van der Waals surface area contributed by atoms with E-state index in [1.165, 1.54) is 51.4 Å². The van der Waals surface area contributed by atoms with E-state index in [1.807, 2.05) is 36.5 Å². The number of hydrogen-bond acceptors (Lipinski definition) is 6. The monoisotopic (exact) mass is 845 g/mol. The van der Waals surface area contributed by atoms with Crippen molar-refractivity contribution in [1.82, 2.24) is 0 Å². The van der Waals surface area contributed by atoms with E-state index in [-0.39, 0.29) is 37.5 Å². The van der Waals surface area contributed by atoms with Gasteiger partial charge in [-0.2, -0.15) is 0 Å². The summed E-state index contributed by atoms with van der Waals surface area (Å²) in [4.78, 5) is 37.8. The Morgan fingerprint density at radius 1 is 0.361 bits per heavy atom. The molecule has 0 spiro atoms. The van der Waals surface area contributed by atoms with Crippen molar-refractivity contribution in [3.8, 4) is 0 Å². The van der Waals surface area contributed by atoms with Crippen molar-refractivity contribution in [2.75, 3.05) is 13.2 Å². The van der Waals surface area contributed by atoms with Gasteiger partial charge in [-0.05, 0) is 89.9 Å². The average Bonchev–Trinajstić information content (AvgIpc) is 3.26. The molecule has 0 aliphatic carbocycles. The fourth-order valence-electron chi connectivity index (χ4n) is 6.20. The molecule has 0 aliphatic rings. The minimum atomic E-state index is -0.816. The molecule has 0 aromatic heterocycles. The van der Waals surface area contributed by atoms with E-state index in [0.29, 0.717) is 12.8 Å². The zero-order chi connectivity index (χ0) is 44.4. The summed E-state index contributed by atoms with van der Waals surface area (Å²) in [5, 5.41) is 0. The Kier molecular flexibility index (Phi) is 45.6. The highest BCUT2D eigenvalue weighted by Crippen LogP contribution is 2.12. The van der Waals surface area contributed by atoms with E-state index in [0.717, 1.165) is 109 Å². The molecule has 0 bridgehead atoms. The second kappa shape index (κ2) is 48.7. The van der Waals surface area contributed by atoms with Crippen LogP contribution in [0.15, 0.2) is 109 Å². The lowest BCUT2D eigenvalue weighted by Gasteiger charge is -2.18. The van der Waals surface area contributed by atoms with Crippen LogP contribution in [0.3, 0.4) is 0 Å². The van der Waals surface area contributed by atoms with Crippen molar-refractivity contribution in [2.24, 2.45) is 0 Å². The van der Waals surface area contributed by atoms with Crippen molar-refractivity contribution in [3.63, 3.8) is 0 Å². The van der Waals surface area contributed by atoms with Crippen molar-refractivity contribution >= 4 is 17.9 Å². The number of ether oxygens (including phenoxy) is 3. The average molecular weight is 845 g/mol. The standard InChI is InChI=1S/C55H88O6/c1-4-7-10-13-16-19-21-23-25-27-28-30-31-33-36-39-42-45-48-54(57)60-51-52(50-59-53(56)47-44-41-38-35-18-15-12-9-6-3)61-55(58)49-46-43-40-37-34-32-29-26-24-22-20-17-14-11-8-5-2/h9-10,12-13,16,18-19,21,23,25-30,32,34-35,52H,4-8,11,14-15,17,20,22,24,31,33,36-51H2,1-3H3/b12-9-,13-10-,19-16-,23-21-,27-25-,29-26-,30-28-,34-32-,35-18-. The number of rotatable bonds is 42. The Bertz CT molecular complexity index is 1290. The molecule has 0 saturated heterocycles. The minimum Gasteiger partial charge on any atom is -0.462 e. The van der Waals surface area contributed by atoms with Crippen LogP contribution >= 0.6 is 0 Å². The summed E-state index contributed by atoms with van der Waals surface area (Å²) in [5.74, 6) is -1.01. The molecular weight excluding hydrogens is 757 g/mol. The Morgan fingerprint density at radius 2 is 0.738 bits per heavy atom. The predicted octanol–water partition coefficient (Wildman–Crippen LogP) is 16.0. The highest BCUT2D eigenvalue weighted by Gasteiger charge is 2.19. The first kappa shape index (κ1) is 57.1. The van der Waals surface area contributed by atoms with Crippen LogP contribution < -0.4 is 0 Å². The summed E-state index contributed by atoms with van der Waals surface area (Å²) in [6.07, 6.45) is 65.1. The van der Waals surface area contributed by atoms with Gasteiger partial charge in [0.15, 0.2) is 6.10 Å². The quantitative estimate of drug-likeness (QED) is 0.0200. The normalized spacial score (nSPS) is 13.0. The maximum atomic E-state index is 12.7. The van der Waals surface area contributed by atoms with E-state index in [1.54, 1.807) is 0 Å². The fourth-order valence-corrected chi connectivity index (χ4v) is 6.20. The Hall–Kier alpha value is -3.93. The largest absolute Gasteiger partial charge is 0.462 e. The molecule has 61 heavy (non-hydrogen) atoms. The number of carbonyl (C=O) groups excluding carboxylic acids is 3. The predicted molar refractivity (Wildman–Crippen MR) is 260 cm³/mol. The third-order valence-corrected chi connectivity index (χ3v) is 9.87. The number of carbonyl (C=O) groups is 3. The maximum Gasteiger partial charge on any atom is 0.306 e. The summed E-state index contributed by atoms with van der Waals surface area (Å²) in [5.41, 5.74) is 0. The smallest absolute Gasteiger partial charge is 0.306 e. The zero-order valence-corrected chi connectivity index (χ0v) is 39.1. The molecule has 1 unspecified atom stereocenters. The molecule has 6 nitrogen and oxygen atoms in total. The van der Waals surface area contributed by atoms with Gasteiger partial charge >= 0.3 is 17.9 Å². The second-order valence-corrected chi connectivity index (χ2v) is 15.8. The van der Waals surface area contributed by atoms with Gasteiger partial charge in [-0.15, -0.1) is 0 Å². The zero-order valence-electron chi connectivity index (χ0n) is 39.1. The van der Waals surface area contributed by atoms with Crippen LogP contribution in [0.4, 0.5) is 0 Å². The summed E-state index contributed by atoms with van der Waals surface area (Å²) in [7, 11) is 0. The van der Waals surface area contributed by atoms with Crippen LogP contribution in [0.5, 0.6) is 0 Å². The topological polar surface area (TPSA) is 78.9 Å². The number of hydrogen-bond donors (Lipinski definition) is 0.